The maximum Gasteiger partial charge on any atom is 0.142 e. The van der Waals surface area contributed by atoms with Crippen LogP contribution in [0.15, 0.2) is 24.3 Å². The number of nitrogens with two attached hydrogens (primary N) is 1. The molecule has 1 rings (SSSR count). The van der Waals surface area contributed by atoms with Crippen molar-refractivity contribution in [3.05, 3.63) is 24.3 Å². The molecule has 1 aromatic rings. The van der Waals surface area contributed by atoms with Crippen LogP contribution in [0.25, 0.3) is 0 Å². The van der Waals surface area contributed by atoms with Gasteiger partial charge in [0.1, 0.15) is 12.4 Å². The lowest BCUT2D eigenvalue weighted by Crippen LogP contribution is -2.13. The average Bonchev–Trinajstić information content (AvgIpc) is 2.43. The van der Waals surface area contributed by atoms with Gasteiger partial charge >= 0.3 is 0 Å². The fourth-order valence-electron chi connectivity index (χ4n) is 1.97. The Morgan fingerprint density at radius 3 is 2.63 bits per heavy atom. The SMILES string of the molecule is CCCCC(CC)COCCOc1ccccc1N. The molecule has 19 heavy (non-hydrogen) atoms. The van der Waals surface area contributed by atoms with Gasteiger partial charge in [-0.1, -0.05) is 45.2 Å². The van der Waals surface area contributed by atoms with E-state index in [2.05, 4.69) is 13.8 Å². The van der Waals surface area contributed by atoms with Crippen LogP contribution in [0, 0.1) is 5.92 Å². The van der Waals surface area contributed by atoms with Gasteiger partial charge in [-0.05, 0) is 24.5 Å². The van der Waals surface area contributed by atoms with Crippen molar-refractivity contribution in [1.29, 1.82) is 0 Å². The minimum Gasteiger partial charge on any atom is -0.489 e. The maximum absolute atomic E-state index is 5.79. The second-order valence-corrected chi connectivity index (χ2v) is 4.88. The Hall–Kier alpha value is -1.22. The molecule has 0 saturated carbocycles. The maximum atomic E-state index is 5.79. The van der Waals surface area contributed by atoms with Crippen molar-refractivity contribution in [1.82, 2.24) is 0 Å². The van der Waals surface area contributed by atoms with Gasteiger partial charge in [0.05, 0.1) is 12.3 Å². The second-order valence-electron chi connectivity index (χ2n) is 4.88. The van der Waals surface area contributed by atoms with E-state index in [0.29, 0.717) is 24.8 Å². The fourth-order valence-corrected chi connectivity index (χ4v) is 1.97. The topological polar surface area (TPSA) is 44.5 Å². The number of benzene rings is 1. The Labute approximate surface area is 117 Å². The van der Waals surface area contributed by atoms with Crippen molar-refractivity contribution >= 4 is 5.69 Å². The molecule has 1 atom stereocenters. The summed E-state index contributed by atoms with van der Waals surface area (Å²) in [5, 5.41) is 0. The zero-order valence-corrected chi connectivity index (χ0v) is 12.2. The molecule has 0 aliphatic rings. The van der Waals surface area contributed by atoms with Gasteiger partial charge in [0.25, 0.3) is 0 Å². The molecule has 0 aliphatic heterocycles. The molecule has 3 nitrogen and oxygen atoms in total. The molecule has 1 aromatic carbocycles. The molecule has 2 N–H and O–H groups in total. The largest absolute Gasteiger partial charge is 0.489 e. The lowest BCUT2D eigenvalue weighted by Gasteiger charge is -2.15. The third-order valence-electron chi connectivity index (χ3n) is 3.30. The van der Waals surface area contributed by atoms with E-state index in [1.54, 1.807) is 0 Å². The van der Waals surface area contributed by atoms with Crippen LogP contribution < -0.4 is 10.5 Å². The first-order valence-corrected chi connectivity index (χ1v) is 7.33. The number of hydrogen-bond donors (Lipinski definition) is 1. The smallest absolute Gasteiger partial charge is 0.142 e. The molecule has 108 valence electrons. The lowest BCUT2D eigenvalue weighted by atomic mass is 10.0. The van der Waals surface area contributed by atoms with Crippen LogP contribution in [0.3, 0.4) is 0 Å². The minimum absolute atomic E-state index is 0.554. The summed E-state index contributed by atoms with van der Waals surface area (Å²) in [5.41, 5.74) is 6.47. The standard InChI is InChI=1S/C16H27NO2/c1-3-5-8-14(4-2)13-18-11-12-19-16-10-7-6-9-15(16)17/h6-7,9-10,14H,3-5,8,11-13,17H2,1-2H3. The minimum atomic E-state index is 0.554. The van der Waals surface area contributed by atoms with E-state index >= 15 is 0 Å². The van der Waals surface area contributed by atoms with Gasteiger partial charge in [-0.15, -0.1) is 0 Å². The molecular formula is C16H27NO2. The molecule has 1 unspecified atom stereocenters. The first-order chi connectivity index (χ1) is 9.27. The van der Waals surface area contributed by atoms with E-state index in [1.807, 2.05) is 24.3 Å². The molecule has 0 heterocycles. The van der Waals surface area contributed by atoms with Gasteiger partial charge < -0.3 is 15.2 Å². The molecule has 0 saturated heterocycles. The fraction of sp³-hybridized carbons (Fsp3) is 0.625. The van der Waals surface area contributed by atoms with Crippen molar-refractivity contribution in [2.75, 3.05) is 25.6 Å². The highest BCUT2D eigenvalue weighted by molar-refractivity contribution is 5.51. The van der Waals surface area contributed by atoms with E-state index in [-0.39, 0.29) is 0 Å². The van der Waals surface area contributed by atoms with E-state index in [1.165, 1.54) is 25.7 Å². The Balaban J connectivity index is 2.12. The van der Waals surface area contributed by atoms with Crippen LogP contribution in [0.2, 0.25) is 0 Å². The zero-order chi connectivity index (χ0) is 13.9. The van der Waals surface area contributed by atoms with Gasteiger partial charge in [-0.25, -0.2) is 0 Å². The van der Waals surface area contributed by atoms with Crippen molar-refractivity contribution in [2.45, 2.75) is 39.5 Å². The highest BCUT2D eigenvalue weighted by Gasteiger charge is 2.05. The monoisotopic (exact) mass is 265 g/mol. The molecule has 0 spiro atoms. The quantitative estimate of drug-likeness (QED) is 0.516. The molecule has 0 amide bonds. The average molecular weight is 265 g/mol. The van der Waals surface area contributed by atoms with E-state index in [9.17, 15) is 0 Å². The third-order valence-corrected chi connectivity index (χ3v) is 3.30. The van der Waals surface area contributed by atoms with Crippen molar-refractivity contribution < 1.29 is 9.47 Å². The van der Waals surface area contributed by atoms with E-state index < -0.39 is 0 Å². The second kappa shape index (κ2) is 9.68. The highest BCUT2D eigenvalue weighted by Crippen LogP contribution is 2.19. The zero-order valence-electron chi connectivity index (χ0n) is 12.2. The Morgan fingerprint density at radius 1 is 1.16 bits per heavy atom. The number of anilines is 1. The van der Waals surface area contributed by atoms with Crippen LogP contribution in [0.5, 0.6) is 5.75 Å². The predicted molar refractivity (Wildman–Crippen MR) is 80.5 cm³/mol. The summed E-state index contributed by atoms with van der Waals surface area (Å²) in [4.78, 5) is 0. The van der Waals surface area contributed by atoms with Gasteiger partial charge in [-0.3, -0.25) is 0 Å². The number of nitrogen functional groups attached to an aromatic ring is 1. The van der Waals surface area contributed by atoms with E-state index in [4.69, 9.17) is 15.2 Å². The molecule has 0 aromatic heterocycles. The predicted octanol–water partition coefficient (Wildman–Crippen LogP) is 3.88. The lowest BCUT2D eigenvalue weighted by molar-refractivity contribution is 0.0701. The van der Waals surface area contributed by atoms with Crippen LogP contribution in [0.4, 0.5) is 5.69 Å². The Bertz CT molecular complexity index is 341. The number of hydrogen-bond acceptors (Lipinski definition) is 3. The van der Waals surface area contributed by atoms with Crippen LogP contribution >= 0.6 is 0 Å². The van der Waals surface area contributed by atoms with Crippen LogP contribution in [-0.2, 0) is 4.74 Å². The van der Waals surface area contributed by atoms with Gasteiger partial charge in [-0.2, -0.15) is 0 Å². The Morgan fingerprint density at radius 2 is 1.95 bits per heavy atom. The molecule has 0 fully saturated rings. The number of ether oxygens (including phenoxy) is 2. The molecule has 0 radical (unpaired) electrons. The highest BCUT2D eigenvalue weighted by atomic mass is 16.5. The first-order valence-electron chi connectivity index (χ1n) is 7.33. The summed E-state index contributed by atoms with van der Waals surface area (Å²) in [7, 11) is 0. The molecule has 0 aliphatic carbocycles. The summed E-state index contributed by atoms with van der Waals surface area (Å²) in [5.74, 6) is 1.42. The number of unbranched alkanes of at least 4 members (excludes halogenated alkanes) is 1. The van der Waals surface area contributed by atoms with Crippen LogP contribution in [-0.4, -0.2) is 19.8 Å². The van der Waals surface area contributed by atoms with Gasteiger partial charge in [0.2, 0.25) is 0 Å². The van der Waals surface area contributed by atoms with Crippen molar-refractivity contribution in [3.8, 4) is 5.75 Å². The summed E-state index contributed by atoms with van der Waals surface area (Å²) in [6.07, 6.45) is 5.00. The van der Waals surface area contributed by atoms with Crippen molar-refractivity contribution in [3.63, 3.8) is 0 Å². The molecule has 3 heteroatoms. The number of rotatable bonds is 10. The molecular weight excluding hydrogens is 238 g/mol. The van der Waals surface area contributed by atoms with Crippen molar-refractivity contribution in [2.24, 2.45) is 5.92 Å². The normalized spacial score (nSPS) is 12.3. The first kappa shape index (κ1) is 15.8. The summed E-state index contributed by atoms with van der Waals surface area (Å²) < 4.78 is 11.3. The summed E-state index contributed by atoms with van der Waals surface area (Å²) >= 11 is 0. The van der Waals surface area contributed by atoms with E-state index in [0.717, 1.165) is 12.4 Å². The van der Waals surface area contributed by atoms with Gasteiger partial charge in [0.15, 0.2) is 0 Å². The molecule has 0 bridgehead atoms. The number of para-hydroxylation sites is 2. The Kier molecular flexibility index (Phi) is 8.07. The van der Waals surface area contributed by atoms with Crippen LogP contribution in [0.1, 0.15) is 39.5 Å². The summed E-state index contributed by atoms with van der Waals surface area (Å²) in [6, 6.07) is 7.54. The summed E-state index contributed by atoms with van der Waals surface area (Å²) in [6.45, 7) is 6.47. The third kappa shape index (κ3) is 6.48. The van der Waals surface area contributed by atoms with Gasteiger partial charge in [0, 0.05) is 6.61 Å².